The Balaban J connectivity index is 1.87. The molecule has 0 aromatic heterocycles. The summed E-state index contributed by atoms with van der Waals surface area (Å²) < 4.78 is 6.42. The Hall–Kier alpha value is -2.40. The monoisotopic (exact) mass is 414 g/mol. The summed E-state index contributed by atoms with van der Waals surface area (Å²) in [5, 5.41) is 3.93. The molecule has 2 aromatic rings. The molecule has 2 aromatic carbocycles. The lowest BCUT2D eigenvalue weighted by Crippen LogP contribution is -2.25. The Morgan fingerprint density at radius 1 is 1.12 bits per heavy atom. The third-order valence-corrected chi connectivity index (χ3v) is 3.97. The first kappa shape index (κ1) is 19.9. The molecule has 0 spiro atoms. The first-order valence-corrected chi connectivity index (χ1v) is 9.12. The van der Waals surface area contributed by atoms with E-state index in [-0.39, 0.29) is 17.9 Å². The number of nitrogens with one attached hydrogen (secondary N) is 1. The van der Waals surface area contributed by atoms with E-state index < -0.39 is 0 Å². The van der Waals surface area contributed by atoms with Crippen molar-refractivity contribution < 1.29 is 9.53 Å². The molecule has 0 aliphatic rings. The summed E-state index contributed by atoms with van der Waals surface area (Å²) in [6.07, 6.45) is 3.44. The number of carbonyl (C=O) groups excluding carboxylic acids is 1. The van der Waals surface area contributed by atoms with Gasteiger partial charge < -0.3 is 4.74 Å². The summed E-state index contributed by atoms with van der Waals surface area (Å²) in [7, 11) is 0. The first-order chi connectivity index (χ1) is 12.4. The first-order valence-electron chi connectivity index (χ1n) is 8.33. The van der Waals surface area contributed by atoms with Gasteiger partial charge in [-0.05, 0) is 44.6 Å². The maximum absolute atomic E-state index is 11.9. The Bertz CT molecular complexity index is 793. The van der Waals surface area contributed by atoms with Gasteiger partial charge >= 0.3 is 0 Å². The number of halogens is 1. The second-order valence-electron chi connectivity index (χ2n) is 6.77. The van der Waals surface area contributed by atoms with Crippen molar-refractivity contribution in [2.45, 2.75) is 26.2 Å². The van der Waals surface area contributed by atoms with Gasteiger partial charge in [0, 0.05) is 4.48 Å². The van der Waals surface area contributed by atoms with Crippen LogP contribution in [0.15, 0.2) is 64.2 Å². The van der Waals surface area contributed by atoms with Gasteiger partial charge in [-0.3, -0.25) is 4.79 Å². The maximum Gasteiger partial charge on any atom is 0.277 e. The average molecular weight is 415 g/mol. The number of nitrogens with zero attached hydrogens (tertiary/aromatic N) is 1. The third-order valence-electron chi connectivity index (χ3n) is 3.54. The van der Waals surface area contributed by atoms with Gasteiger partial charge in [0.15, 0.2) is 6.61 Å². The number of para-hydroxylation sites is 1. The zero-order chi connectivity index (χ0) is 19.0. The molecule has 0 aliphatic heterocycles. The molecule has 0 atom stereocenters. The second-order valence-corrected chi connectivity index (χ2v) is 7.68. The molecule has 0 heterocycles. The van der Waals surface area contributed by atoms with Gasteiger partial charge in [-0.15, -0.1) is 0 Å². The van der Waals surface area contributed by atoms with E-state index in [1.54, 1.807) is 0 Å². The van der Waals surface area contributed by atoms with Crippen molar-refractivity contribution >= 4 is 34.1 Å². The number of amides is 1. The number of hydrogen-bond acceptors (Lipinski definition) is 3. The molecule has 0 unspecified atom stereocenters. The molecule has 26 heavy (non-hydrogen) atoms. The van der Waals surface area contributed by atoms with Crippen molar-refractivity contribution in [3.8, 4) is 5.75 Å². The fourth-order valence-corrected chi connectivity index (χ4v) is 2.67. The minimum Gasteiger partial charge on any atom is -0.483 e. The van der Waals surface area contributed by atoms with E-state index >= 15 is 0 Å². The van der Waals surface area contributed by atoms with Crippen LogP contribution in [0.3, 0.4) is 0 Å². The summed E-state index contributed by atoms with van der Waals surface area (Å²) in [5.41, 5.74) is 4.51. The van der Waals surface area contributed by atoms with Crippen molar-refractivity contribution in [1.82, 2.24) is 5.43 Å². The molecule has 0 saturated carbocycles. The summed E-state index contributed by atoms with van der Waals surface area (Å²) in [6.45, 7) is 6.23. The highest BCUT2D eigenvalue weighted by Crippen LogP contribution is 2.30. The topological polar surface area (TPSA) is 50.7 Å². The molecule has 0 fully saturated rings. The van der Waals surface area contributed by atoms with Crippen LogP contribution in [0.2, 0.25) is 0 Å². The number of carbonyl (C=O) groups is 1. The van der Waals surface area contributed by atoms with Gasteiger partial charge in [0.05, 0.1) is 6.21 Å². The lowest BCUT2D eigenvalue weighted by atomic mass is 9.86. The van der Waals surface area contributed by atoms with Gasteiger partial charge in [0.2, 0.25) is 0 Å². The van der Waals surface area contributed by atoms with Crippen LogP contribution in [-0.2, 0) is 10.2 Å². The summed E-state index contributed by atoms with van der Waals surface area (Å²) >= 11 is 3.40. The quantitative estimate of drug-likeness (QED) is 0.539. The average Bonchev–Trinajstić information content (AvgIpc) is 2.60. The van der Waals surface area contributed by atoms with Crippen LogP contribution in [0.5, 0.6) is 5.75 Å². The van der Waals surface area contributed by atoms with Gasteiger partial charge in [0.1, 0.15) is 5.75 Å². The molecule has 4 nitrogen and oxygen atoms in total. The van der Waals surface area contributed by atoms with E-state index in [4.69, 9.17) is 4.74 Å². The third kappa shape index (κ3) is 6.48. The van der Waals surface area contributed by atoms with E-state index in [9.17, 15) is 4.79 Å². The summed E-state index contributed by atoms with van der Waals surface area (Å²) in [5.74, 6) is 0.397. The predicted octanol–water partition coefficient (Wildman–Crippen LogP) is 4.90. The second kappa shape index (κ2) is 9.34. The van der Waals surface area contributed by atoms with Gasteiger partial charge in [0.25, 0.3) is 5.91 Å². The van der Waals surface area contributed by atoms with E-state index in [0.717, 1.165) is 15.6 Å². The van der Waals surface area contributed by atoms with Crippen molar-refractivity contribution in [2.75, 3.05) is 6.61 Å². The zero-order valence-electron chi connectivity index (χ0n) is 15.2. The zero-order valence-corrected chi connectivity index (χ0v) is 16.8. The lowest BCUT2D eigenvalue weighted by molar-refractivity contribution is -0.123. The Labute approximate surface area is 163 Å². The number of hydrogen-bond donors (Lipinski definition) is 1. The van der Waals surface area contributed by atoms with Crippen LogP contribution in [0, 0.1) is 0 Å². The highest BCUT2D eigenvalue weighted by Gasteiger charge is 2.18. The van der Waals surface area contributed by atoms with Gasteiger partial charge in [-0.2, -0.15) is 5.10 Å². The number of rotatable bonds is 6. The Morgan fingerprint density at radius 3 is 2.46 bits per heavy atom. The van der Waals surface area contributed by atoms with Crippen molar-refractivity contribution in [1.29, 1.82) is 0 Å². The normalized spacial score (nSPS) is 12.2. The van der Waals surface area contributed by atoms with Crippen LogP contribution in [0.4, 0.5) is 0 Å². The van der Waals surface area contributed by atoms with Gasteiger partial charge in [-0.1, -0.05) is 69.3 Å². The highest BCUT2D eigenvalue weighted by molar-refractivity contribution is 9.12. The highest BCUT2D eigenvalue weighted by atomic mass is 79.9. The molecule has 0 bridgehead atoms. The molecule has 1 N–H and O–H groups in total. The molecular formula is C21H23BrN2O2. The molecule has 136 valence electrons. The molecule has 1 amide bonds. The van der Waals surface area contributed by atoms with Crippen molar-refractivity contribution in [3.63, 3.8) is 0 Å². The summed E-state index contributed by atoms with van der Waals surface area (Å²) in [4.78, 5) is 11.9. The maximum atomic E-state index is 11.9. The van der Waals surface area contributed by atoms with E-state index in [2.05, 4.69) is 47.2 Å². The minimum atomic E-state index is -0.315. The van der Waals surface area contributed by atoms with E-state index in [1.807, 2.05) is 60.7 Å². The Kier molecular flexibility index (Phi) is 7.16. The van der Waals surface area contributed by atoms with Crippen molar-refractivity contribution in [3.05, 3.63) is 70.2 Å². The number of allylic oxidation sites excluding steroid dienone is 1. The summed E-state index contributed by atoms with van der Waals surface area (Å²) in [6, 6.07) is 17.6. The fourth-order valence-electron chi connectivity index (χ4n) is 2.30. The SMILES string of the molecule is CC(C)(C)c1ccccc1OCC(=O)N/N=C/C(Br)=C/c1ccccc1. The minimum absolute atomic E-state index is 0.0572. The number of ether oxygens (including phenoxy) is 1. The molecule has 0 saturated heterocycles. The molecule has 2 rings (SSSR count). The largest absolute Gasteiger partial charge is 0.483 e. The van der Waals surface area contributed by atoms with Gasteiger partial charge in [-0.25, -0.2) is 5.43 Å². The molecule has 0 radical (unpaired) electrons. The van der Waals surface area contributed by atoms with Crippen LogP contribution >= 0.6 is 15.9 Å². The number of benzene rings is 2. The standard InChI is InChI=1S/C21H23BrN2O2/c1-21(2,3)18-11-7-8-12-19(18)26-15-20(25)24-23-14-17(22)13-16-9-5-4-6-10-16/h4-14H,15H2,1-3H3,(H,24,25)/b17-13-,23-14+. The predicted molar refractivity (Wildman–Crippen MR) is 111 cm³/mol. The van der Waals surface area contributed by atoms with Crippen LogP contribution < -0.4 is 10.2 Å². The number of hydrazone groups is 1. The van der Waals surface area contributed by atoms with Crippen molar-refractivity contribution in [2.24, 2.45) is 5.10 Å². The van der Waals surface area contributed by atoms with Crippen LogP contribution in [0.1, 0.15) is 31.9 Å². The Morgan fingerprint density at radius 2 is 1.77 bits per heavy atom. The molecular weight excluding hydrogens is 392 g/mol. The molecule has 5 heteroatoms. The van der Waals surface area contributed by atoms with E-state index in [1.165, 1.54) is 6.21 Å². The molecule has 0 aliphatic carbocycles. The van der Waals surface area contributed by atoms with Crippen LogP contribution in [0.25, 0.3) is 6.08 Å². The fraction of sp³-hybridized carbons (Fsp3) is 0.238. The van der Waals surface area contributed by atoms with Crippen LogP contribution in [-0.4, -0.2) is 18.7 Å². The van der Waals surface area contributed by atoms with E-state index in [0.29, 0.717) is 5.75 Å². The smallest absolute Gasteiger partial charge is 0.277 e. The lowest BCUT2D eigenvalue weighted by Gasteiger charge is -2.22.